The lowest BCUT2D eigenvalue weighted by Gasteiger charge is -2.28. The Kier molecular flexibility index (Phi) is 6.79. The van der Waals surface area contributed by atoms with Crippen molar-refractivity contribution >= 4 is 10.0 Å². The molecule has 0 aliphatic heterocycles. The Bertz CT molecular complexity index is 679. The van der Waals surface area contributed by atoms with E-state index in [4.69, 9.17) is 10.5 Å². The van der Waals surface area contributed by atoms with Crippen LogP contribution < -0.4 is 15.2 Å². The zero-order valence-corrected chi connectivity index (χ0v) is 15.3. The third-order valence-electron chi connectivity index (χ3n) is 4.43. The Balaban J connectivity index is 2.10. The molecule has 1 fully saturated rings. The summed E-state index contributed by atoms with van der Waals surface area (Å²) in [5.41, 5.74) is 4.31. The predicted molar refractivity (Wildman–Crippen MR) is 94.3 cm³/mol. The van der Waals surface area contributed by atoms with Crippen LogP contribution in [0.4, 0.5) is 4.39 Å². The Labute approximate surface area is 148 Å². The van der Waals surface area contributed by atoms with Crippen LogP contribution in [0.25, 0.3) is 0 Å². The first-order valence-electron chi connectivity index (χ1n) is 8.62. The fourth-order valence-corrected chi connectivity index (χ4v) is 3.55. The molecule has 25 heavy (non-hydrogen) atoms. The molecule has 0 bridgehead atoms. The van der Waals surface area contributed by atoms with Crippen LogP contribution in [-0.4, -0.2) is 39.0 Å². The molecule has 0 aromatic heterocycles. The minimum Gasteiger partial charge on any atom is -0.490 e. The molecule has 1 aromatic carbocycles. The van der Waals surface area contributed by atoms with Gasteiger partial charge in [0.2, 0.25) is 10.0 Å². The number of nitrogens with two attached hydrogens (primary N) is 1. The molecule has 1 atom stereocenters. The molecular formula is C17H27FN2O4S. The lowest BCUT2D eigenvalue weighted by atomic mass is 9.91. The first kappa shape index (κ1) is 20.1. The molecule has 4 N–H and O–H groups in total. The maximum Gasteiger partial charge on any atom is 0.211 e. The van der Waals surface area contributed by atoms with E-state index in [1.807, 2.05) is 0 Å². The highest BCUT2D eigenvalue weighted by Crippen LogP contribution is 2.32. The first-order valence-corrected chi connectivity index (χ1v) is 10.3. The predicted octanol–water partition coefficient (Wildman–Crippen LogP) is 1.48. The largest absolute Gasteiger partial charge is 0.490 e. The van der Waals surface area contributed by atoms with E-state index in [2.05, 4.69) is 4.72 Å². The van der Waals surface area contributed by atoms with Crippen LogP contribution in [0.5, 0.6) is 5.75 Å². The molecule has 1 unspecified atom stereocenters. The topological polar surface area (TPSA) is 102 Å². The lowest BCUT2D eigenvalue weighted by Crippen LogP contribution is -2.41. The van der Waals surface area contributed by atoms with Gasteiger partial charge in [0, 0.05) is 6.54 Å². The van der Waals surface area contributed by atoms with Crippen molar-refractivity contribution in [3.63, 3.8) is 0 Å². The van der Waals surface area contributed by atoms with Gasteiger partial charge in [0.25, 0.3) is 0 Å². The highest BCUT2D eigenvalue weighted by molar-refractivity contribution is 7.89. The Hall–Kier alpha value is -1.22. The van der Waals surface area contributed by atoms with Crippen molar-refractivity contribution in [1.82, 2.24) is 4.72 Å². The van der Waals surface area contributed by atoms with E-state index >= 15 is 0 Å². The zero-order chi connectivity index (χ0) is 18.5. The van der Waals surface area contributed by atoms with Gasteiger partial charge in [-0.05, 0) is 55.8 Å². The molecular weight excluding hydrogens is 347 g/mol. The van der Waals surface area contributed by atoms with Crippen molar-refractivity contribution in [1.29, 1.82) is 0 Å². The van der Waals surface area contributed by atoms with Gasteiger partial charge in [0.1, 0.15) is 5.60 Å². The van der Waals surface area contributed by atoms with Crippen LogP contribution in [-0.2, 0) is 15.6 Å². The minimum absolute atomic E-state index is 0.0854. The third-order valence-corrected chi connectivity index (χ3v) is 5.84. The van der Waals surface area contributed by atoms with E-state index in [9.17, 15) is 17.9 Å². The van der Waals surface area contributed by atoms with E-state index in [1.165, 1.54) is 18.2 Å². The van der Waals surface area contributed by atoms with Crippen molar-refractivity contribution in [3.05, 3.63) is 29.6 Å². The Morgan fingerprint density at radius 1 is 1.44 bits per heavy atom. The molecule has 6 nitrogen and oxygen atoms in total. The summed E-state index contributed by atoms with van der Waals surface area (Å²) in [5, 5.41) is 10.9. The van der Waals surface area contributed by atoms with Crippen molar-refractivity contribution in [2.45, 2.75) is 38.2 Å². The standard InChI is InChI=1S/C17H27FN2O4S/c1-2-17(21,12-20-25(22,23)9-3-8-19)14-6-7-15(18)16(10-14)24-11-13-4-5-13/h6-7,10,13,20-21H,2-5,8-9,11-12,19H2,1H3. The van der Waals surface area contributed by atoms with Gasteiger partial charge in [-0.1, -0.05) is 13.0 Å². The average Bonchev–Trinajstić information content (AvgIpc) is 3.41. The Morgan fingerprint density at radius 3 is 2.76 bits per heavy atom. The first-order chi connectivity index (χ1) is 11.8. The smallest absolute Gasteiger partial charge is 0.211 e. The van der Waals surface area contributed by atoms with Gasteiger partial charge in [-0.15, -0.1) is 0 Å². The molecule has 1 aromatic rings. The molecule has 0 saturated heterocycles. The van der Waals surface area contributed by atoms with Gasteiger partial charge in [0.05, 0.1) is 12.4 Å². The second kappa shape index (κ2) is 8.44. The van der Waals surface area contributed by atoms with Gasteiger partial charge in [-0.2, -0.15) is 0 Å². The molecule has 0 radical (unpaired) electrons. The SMILES string of the molecule is CCC(O)(CNS(=O)(=O)CCCN)c1ccc(F)c(OCC2CC2)c1. The second-order valence-electron chi connectivity index (χ2n) is 6.57. The van der Waals surface area contributed by atoms with Crippen LogP contribution in [0, 0.1) is 11.7 Å². The summed E-state index contributed by atoms with van der Waals surface area (Å²) in [7, 11) is -3.52. The molecule has 2 rings (SSSR count). The third kappa shape index (κ3) is 5.91. The number of halogens is 1. The Morgan fingerprint density at radius 2 is 2.16 bits per heavy atom. The average molecular weight is 374 g/mol. The van der Waals surface area contributed by atoms with Gasteiger partial charge in [-0.25, -0.2) is 17.5 Å². The van der Waals surface area contributed by atoms with Crippen molar-refractivity contribution in [2.24, 2.45) is 11.7 Å². The van der Waals surface area contributed by atoms with Crippen LogP contribution in [0.15, 0.2) is 18.2 Å². The van der Waals surface area contributed by atoms with E-state index in [0.29, 0.717) is 24.5 Å². The number of nitrogens with one attached hydrogen (secondary N) is 1. The van der Waals surface area contributed by atoms with Gasteiger partial charge in [0.15, 0.2) is 11.6 Å². The second-order valence-corrected chi connectivity index (χ2v) is 8.49. The summed E-state index contributed by atoms with van der Waals surface area (Å²) in [6.45, 7) is 2.28. The maximum atomic E-state index is 13.9. The highest BCUT2D eigenvalue weighted by atomic mass is 32.2. The number of hydrogen-bond acceptors (Lipinski definition) is 5. The van der Waals surface area contributed by atoms with Crippen LogP contribution in [0.1, 0.15) is 38.2 Å². The molecule has 1 aliphatic carbocycles. The molecule has 1 aliphatic rings. The lowest BCUT2D eigenvalue weighted by molar-refractivity contribution is 0.0376. The van der Waals surface area contributed by atoms with Crippen LogP contribution in [0.3, 0.4) is 0 Å². The fraction of sp³-hybridized carbons (Fsp3) is 0.647. The summed E-state index contributed by atoms with van der Waals surface area (Å²) in [4.78, 5) is 0. The summed E-state index contributed by atoms with van der Waals surface area (Å²) in [6, 6.07) is 4.15. The molecule has 142 valence electrons. The summed E-state index contributed by atoms with van der Waals surface area (Å²) in [5.74, 6) is -0.0289. The number of hydrogen-bond donors (Lipinski definition) is 3. The number of sulfonamides is 1. The fourth-order valence-electron chi connectivity index (χ4n) is 2.40. The monoisotopic (exact) mass is 374 g/mol. The number of ether oxygens (including phenoxy) is 1. The van der Waals surface area contributed by atoms with E-state index in [1.54, 1.807) is 6.92 Å². The minimum atomic E-state index is -3.52. The van der Waals surface area contributed by atoms with Crippen molar-refractivity contribution in [3.8, 4) is 5.75 Å². The molecule has 8 heteroatoms. The molecule has 0 amide bonds. The number of benzene rings is 1. The number of rotatable bonds is 11. The molecule has 0 heterocycles. The van der Waals surface area contributed by atoms with E-state index in [-0.39, 0.29) is 31.0 Å². The van der Waals surface area contributed by atoms with Crippen molar-refractivity contribution in [2.75, 3.05) is 25.4 Å². The molecule has 1 saturated carbocycles. The summed E-state index contributed by atoms with van der Waals surface area (Å²) < 4.78 is 45.7. The zero-order valence-electron chi connectivity index (χ0n) is 14.5. The van der Waals surface area contributed by atoms with Crippen LogP contribution >= 0.6 is 0 Å². The van der Waals surface area contributed by atoms with E-state index in [0.717, 1.165) is 12.8 Å². The van der Waals surface area contributed by atoms with E-state index < -0.39 is 21.4 Å². The highest BCUT2D eigenvalue weighted by Gasteiger charge is 2.30. The van der Waals surface area contributed by atoms with Crippen molar-refractivity contribution < 1.29 is 22.7 Å². The molecule has 0 spiro atoms. The van der Waals surface area contributed by atoms with Crippen LogP contribution in [0.2, 0.25) is 0 Å². The normalized spacial score (nSPS) is 17.3. The van der Waals surface area contributed by atoms with Gasteiger partial charge >= 0.3 is 0 Å². The summed E-state index contributed by atoms with van der Waals surface area (Å²) in [6.07, 6.45) is 2.78. The van der Waals surface area contributed by atoms with Gasteiger partial charge < -0.3 is 15.6 Å². The van der Waals surface area contributed by atoms with Gasteiger partial charge in [-0.3, -0.25) is 0 Å². The quantitative estimate of drug-likeness (QED) is 0.545. The number of aliphatic hydroxyl groups is 1. The summed E-state index contributed by atoms with van der Waals surface area (Å²) >= 11 is 0. The maximum absolute atomic E-state index is 13.9.